The van der Waals surface area contributed by atoms with Crippen LogP contribution in [0.4, 0.5) is 5.69 Å². The summed E-state index contributed by atoms with van der Waals surface area (Å²) in [7, 11) is 0. The molecule has 1 aliphatic heterocycles. The van der Waals surface area contributed by atoms with Gasteiger partial charge in [-0.2, -0.15) is 0 Å². The topological polar surface area (TPSA) is 78.5 Å². The summed E-state index contributed by atoms with van der Waals surface area (Å²) in [6.07, 6.45) is 4.60. The Morgan fingerprint density at radius 3 is 2.00 bits per heavy atom. The van der Waals surface area contributed by atoms with Crippen LogP contribution in [0.15, 0.2) is 84.9 Å². The number of nitrogens with one attached hydrogen (secondary N) is 2. The Labute approximate surface area is 206 Å². The number of hydrogen-bond donors (Lipinski definition) is 2. The summed E-state index contributed by atoms with van der Waals surface area (Å²) in [5.74, 6) is -0.750. The summed E-state index contributed by atoms with van der Waals surface area (Å²) in [6, 6.07) is 24.7. The van der Waals surface area contributed by atoms with Crippen molar-refractivity contribution in [1.82, 2.24) is 10.2 Å². The molecule has 1 unspecified atom stereocenters. The Morgan fingerprint density at radius 1 is 0.714 bits per heavy atom. The highest BCUT2D eigenvalue weighted by atomic mass is 16.2. The zero-order valence-electron chi connectivity index (χ0n) is 19.8. The maximum absolute atomic E-state index is 13.5. The molecule has 1 heterocycles. The van der Waals surface area contributed by atoms with Crippen molar-refractivity contribution in [3.8, 4) is 0 Å². The number of likely N-dealkylation sites (tertiary alicyclic amines) is 1. The van der Waals surface area contributed by atoms with Crippen molar-refractivity contribution in [1.29, 1.82) is 0 Å². The van der Waals surface area contributed by atoms with E-state index in [9.17, 15) is 14.4 Å². The van der Waals surface area contributed by atoms with Crippen LogP contribution in [0.1, 0.15) is 52.0 Å². The highest BCUT2D eigenvalue weighted by Gasteiger charge is 2.28. The van der Waals surface area contributed by atoms with Crippen LogP contribution in [0.2, 0.25) is 0 Å². The molecule has 6 nitrogen and oxygen atoms in total. The third-order valence-corrected chi connectivity index (χ3v) is 6.26. The Bertz CT molecular complexity index is 1140. The molecule has 1 aliphatic rings. The lowest BCUT2D eigenvalue weighted by Crippen LogP contribution is -2.50. The van der Waals surface area contributed by atoms with E-state index in [1.165, 1.54) is 0 Å². The number of rotatable bonds is 7. The van der Waals surface area contributed by atoms with E-state index < -0.39 is 11.9 Å². The molecule has 35 heavy (non-hydrogen) atoms. The molecular formula is C29H31N3O3. The van der Waals surface area contributed by atoms with E-state index in [2.05, 4.69) is 10.6 Å². The molecule has 4 rings (SSSR count). The number of carbonyl (C=O) groups excluding carboxylic acids is 3. The standard InChI is InChI=1S/C29H31N3O3/c33-27(23-15-7-4-8-16-23)30-25-18-10-9-17-24(25)28(34)31-26(21-22-13-5-3-6-14-22)29(35)32-19-11-1-2-12-20-32/h3-10,13-18,26H,1-2,11-12,19-21H2,(H,30,33)(H,31,34). The SMILES string of the molecule is O=C(Nc1ccccc1C(=O)NC(Cc1ccccc1)C(=O)N1CCCCCC1)c1ccccc1. The predicted octanol–water partition coefficient (Wildman–Crippen LogP) is 4.68. The van der Waals surface area contributed by atoms with E-state index in [1.807, 2.05) is 41.3 Å². The maximum atomic E-state index is 13.5. The van der Waals surface area contributed by atoms with Crippen molar-refractivity contribution in [2.24, 2.45) is 0 Å². The van der Waals surface area contributed by atoms with Gasteiger partial charge in [0.15, 0.2) is 0 Å². The van der Waals surface area contributed by atoms with E-state index in [0.29, 0.717) is 36.3 Å². The third-order valence-electron chi connectivity index (χ3n) is 6.26. The number of carbonyl (C=O) groups is 3. The van der Waals surface area contributed by atoms with Crippen molar-refractivity contribution in [2.45, 2.75) is 38.1 Å². The molecular weight excluding hydrogens is 438 g/mol. The first kappa shape index (κ1) is 24.2. The van der Waals surface area contributed by atoms with Gasteiger partial charge in [-0.15, -0.1) is 0 Å². The maximum Gasteiger partial charge on any atom is 0.255 e. The Balaban J connectivity index is 1.54. The summed E-state index contributed by atoms with van der Waals surface area (Å²) in [5, 5.41) is 5.81. The average Bonchev–Trinajstić information content (AvgIpc) is 3.19. The van der Waals surface area contributed by atoms with Crippen LogP contribution in [0.5, 0.6) is 0 Å². The lowest BCUT2D eigenvalue weighted by atomic mass is 10.0. The number of nitrogens with zero attached hydrogens (tertiary/aromatic N) is 1. The second-order valence-corrected chi connectivity index (χ2v) is 8.82. The van der Waals surface area contributed by atoms with Crippen LogP contribution < -0.4 is 10.6 Å². The monoisotopic (exact) mass is 469 g/mol. The molecule has 180 valence electrons. The van der Waals surface area contributed by atoms with Gasteiger partial charge in [-0.1, -0.05) is 73.5 Å². The second-order valence-electron chi connectivity index (χ2n) is 8.82. The molecule has 6 heteroatoms. The van der Waals surface area contributed by atoms with Crippen LogP contribution in [0, 0.1) is 0 Å². The molecule has 0 saturated carbocycles. The fourth-order valence-corrected chi connectivity index (χ4v) is 4.37. The van der Waals surface area contributed by atoms with Gasteiger partial charge in [0.2, 0.25) is 5.91 Å². The molecule has 1 atom stereocenters. The Hall–Kier alpha value is -3.93. The molecule has 3 aromatic carbocycles. The van der Waals surface area contributed by atoms with E-state index in [1.54, 1.807) is 48.5 Å². The van der Waals surface area contributed by atoms with Crippen LogP contribution in [0.3, 0.4) is 0 Å². The van der Waals surface area contributed by atoms with Gasteiger partial charge in [0.05, 0.1) is 11.3 Å². The minimum absolute atomic E-state index is 0.0603. The molecule has 0 radical (unpaired) electrons. The molecule has 1 saturated heterocycles. The third kappa shape index (κ3) is 6.57. The predicted molar refractivity (Wildman–Crippen MR) is 137 cm³/mol. The second kappa shape index (κ2) is 12.0. The van der Waals surface area contributed by atoms with E-state index >= 15 is 0 Å². The Morgan fingerprint density at radius 2 is 1.31 bits per heavy atom. The Kier molecular flexibility index (Phi) is 8.28. The van der Waals surface area contributed by atoms with Crippen molar-refractivity contribution < 1.29 is 14.4 Å². The van der Waals surface area contributed by atoms with Crippen molar-refractivity contribution in [2.75, 3.05) is 18.4 Å². The first-order valence-electron chi connectivity index (χ1n) is 12.2. The van der Waals surface area contributed by atoms with Crippen LogP contribution in [0.25, 0.3) is 0 Å². The molecule has 2 N–H and O–H groups in total. The van der Waals surface area contributed by atoms with E-state index in [0.717, 1.165) is 31.2 Å². The fraction of sp³-hybridized carbons (Fsp3) is 0.276. The fourth-order valence-electron chi connectivity index (χ4n) is 4.37. The van der Waals surface area contributed by atoms with Crippen molar-refractivity contribution in [3.63, 3.8) is 0 Å². The van der Waals surface area contributed by atoms with Crippen molar-refractivity contribution >= 4 is 23.4 Å². The first-order valence-corrected chi connectivity index (χ1v) is 12.2. The molecule has 0 aliphatic carbocycles. The highest BCUT2D eigenvalue weighted by molar-refractivity contribution is 6.09. The number of anilines is 1. The van der Waals surface area contributed by atoms with Gasteiger partial charge in [-0.05, 0) is 42.7 Å². The molecule has 3 aromatic rings. The molecule has 0 spiro atoms. The van der Waals surface area contributed by atoms with Gasteiger partial charge in [0.1, 0.15) is 6.04 Å². The highest BCUT2D eigenvalue weighted by Crippen LogP contribution is 2.18. The normalized spacial score (nSPS) is 14.5. The zero-order valence-corrected chi connectivity index (χ0v) is 19.8. The van der Waals surface area contributed by atoms with E-state index in [-0.39, 0.29) is 11.8 Å². The number of para-hydroxylation sites is 1. The molecule has 0 bridgehead atoms. The van der Waals surface area contributed by atoms with Gasteiger partial charge in [0.25, 0.3) is 11.8 Å². The van der Waals surface area contributed by atoms with E-state index in [4.69, 9.17) is 0 Å². The number of amides is 3. The van der Waals surface area contributed by atoms with Gasteiger partial charge in [-0.25, -0.2) is 0 Å². The summed E-state index contributed by atoms with van der Waals surface area (Å²) in [6.45, 7) is 1.42. The largest absolute Gasteiger partial charge is 0.341 e. The van der Waals surface area contributed by atoms with Gasteiger partial charge < -0.3 is 15.5 Å². The summed E-state index contributed by atoms with van der Waals surface area (Å²) < 4.78 is 0. The van der Waals surface area contributed by atoms with Gasteiger partial charge in [0, 0.05) is 25.1 Å². The minimum atomic E-state index is -0.694. The van der Waals surface area contributed by atoms with Crippen LogP contribution in [-0.4, -0.2) is 41.8 Å². The molecule has 1 fully saturated rings. The van der Waals surface area contributed by atoms with Gasteiger partial charge >= 0.3 is 0 Å². The summed E-state index contributed by atoms with van der Waals surface area (Å²) in [5.41, 5.74) is 2.20. The average molecular weight is 470 g/mol. The number of benzene rings is 3. The van der Waals surface area contributed by atoms with Crippen molar-refractivity contribution in [3.05, 3.63) is 102 Å². The quantitative estimate of drug-likeness (QED) is 0.527. The number of hydrogen-bond acceptors (Lipinski definition) is 3. The lowest BCUT2D eigenvalue weighted by Gasteiger charge is -2.27. The summed E-state index contributed by atoms with van der Waals surface area (Å²) in [4.78, 5) is 41.5. The molecule has 3 amide bonds. The lowest BCUT2D eigenvalue weighted by molar-refractivity contribution is -0.133. The smallest absolute Gasteiger partial charge is 0.255 e. The van der Waals surface area contributed by atoms with Gasteiger partial charge in [-0.3, -0.25) is 14.4 Å². The summed E-state index contributed by atoms with van der Waals surface area (Å²) >= 11 is 0. The van der Waals surface area contributed by atoms with Crippen LogP contribution >= 0.6 is 0 Å². The molecule has 0 aromatic heterocycles. The van der Waals surface area contributed by atoms with Crippen LogP contribution in [-0.2, 0) is 11.2 Å². The first-order chi connectivity index (χ1) is 17.1. The minimum Gasteiger partial charge on any atom is -0.341 e. The zero-order chi connectivity index (χ0) is 24.5.